The fourth-order valence-electron chi connectivity index (χ4n) is 0.568. The summed E-state index contributed by atoms with van der Waals surface area (Å²) in [7, 11) is 1.70. The second-order valence-corrected chi connectivity index (χ2v) is 3.56. The first kappa shape index (κ1) is 13.2. The average Bonchev–Trinajstić information content (AvgIpc) is 2.09. The van der Waals surface area contributed by atoms with E-state index in [2.05, 4.69) is 11.9 Å². The lowest BCUT2D eigenvalue weighted by Crippen LogP contribution is -2.01. The van der Waals surface area contributed by atoms with E-state index < -0.39 is 5.51 Å². The SMILES string of the molecule is C=C/C(=C\C=C(/C)NC)SC(F)(F)F. The molecule has 0 amide bonds. The van der Waals surface area contributed by atoms with Crippen LogP contribution in [0.15, 0.2) is 35.4 Å². The van der Waals surface area contributed by atoms with Gasteiger partial charge in [0.15, 0.2) is 0 Å². The molecule has 0 aromatic carbocycles. The minimum absolute atomic E-state index is 0.0760. The maximum atomic E-state index is 11.9. The molecule has 0 unspecified atom stereocenters. The molecule has 0 aliphatic carbocycles. The maximum Gasteiger partial charge on any atom is 0.446 e. The number of thioether (sulfide) groups is 1. The van der Waals surface area contributed by atoms with E-state index >= 15 is 0 Å². The van der Waals surface area contributed by atoms with Crippen LogP contribution in [0.4, 0.5) is 13.2 Å². The van der Waals surface area contributed by atoms with Gasteiger partial charge in [-0.1, -0.05) is 12.7 Å². The van der Waals surface area contributed by atoms with Gasteiger partial charge in [0.2, 0.25) is 0 Å². The number of nitrogens with one attached hydrogen (secondary N) is 1. The van der Waals surface area contributed by atoms with Crippen LogP contribution >= 0.6 is 11.8 Å². The quantitative estimate of drug-likeness (QED) is 0.733. The molecule has 0 aromatic heterocycles. The minimum atomic E-state index is -4.26. The number of hydrogen-bond donors (Lipinski definition) is 1. The second kappa shape index (κ2) is 5.80. The van der Waals surface area contributed by atoms with Gasteiger partial charge in [0.05, 0.1) is 0 Å². The first-order chi connectivity index (χ1) is 6.39. The number of hydrogen-bond acceptors (Lipinski definition) is 2. The molecular formula is C9H12F3NS. The van der Waals surface area contributed by atoms with Gasteiger partial charge in [-0.2, -0.15) is 13.2 Å². The second-order valence-electron chi connectivity index (χ2n) is 2.42. The lowest BCUT2D eigenvalue weighted by molar-refractivity contribution is -0.0321. The van der Waals surface area contributed by atoms with E-state index in [1.807, 2.05) is 0 Å². The van der Waals surface area contributed by atoms with E-state index in [0.29, 0.717) is 0 Å². The summed E-state index contributed by atoms with van der Waals surface area (Å²) >= 11 is -0.175. The molecule has 0 aromatic rings. The van der Waals surface area contributed by atoms with Crippen molar-refractivity contribution in [1.29, 1.82) is 0 Å². The molecule has 0 aliphatic rings. The Morgan fingerprint density at radius 1 is 1.36 bits per heavy atom. The molecule has 0 bridgehead atoms. The van der Waals surface area contributed by atoms with E-state index in [0.717, 1.165) is 5.70 Å². The van der Waals surface area contributed by atoms with Crippen molar-refractivity contribution in [2.75, 3.05) is 7.05 Å². The minimum Gasteiger partial charge on any atom is -0.392 e. The number of alkyl halides is 3. The molecule has 0 fully saturated rings. The molecule has 0 spiro atoms. The molecule has 1 N–H and O–H groups in total. The van der Waals surface area contributed by atoms with E-state index in [9.17, 15) is 13.2 Å². The van der Waals surface area contributed by atoms with Crippen molar-refractivity contribution < 1.29 is 13.2 Å². The molecule has 0 radical (unpaired) electrons. The lowest BCUT2D eigenvalue weighted by Gasteiger charge is -2.05. The molecule has 80 valence electrons. The Hall–Kier alpha value is -0.840. The highest BCUT2D eigenvalue weighted by atomic mass is 32.2. The summed E-state index contributed by atoms with van der Waals surface area (Å²) in [6, 6.07) is 0. The van der Waals surface area contributed by atoms with Gasteiger partial charge in [-0.3, -0.25) is 0 Å². The Kier molecular flexibility index (Phi) is 5.45. The first-order valence-electron chi connectivity index (χ1n) is 3.83. The summed E-state index contributed by atoms with van der Waals surface area (Å²) in [5.41, 5.74) is -3.48. The predicted molar refractivity (Wildman–Crippen MR) is 54.7 cm³/mol. The molecule has 0 saturated carbocycles. The maximum absolute atomic E-state index is 11.9. The third-order valence-electron chi connectivity index (χ3n) is 1.33. The van der Waals surface area contributed by atoms with Gasteiger partial charge in [0, 0.05) is 17.6 Å². The molecule has 0 aliphatic heterocycles. The monoisotopic (exact) mass is 223 g/mol. The number of allylic oxidation sites excluding steroid dienone is 4. The Labute approximate surface area is 85.8 Å². The molecule has 0 saturated heterocycles. The standard InChI is InChI=1S/C9H12F3NS/c1-4-8(14-9(10,11)12)6-5-7(2)13-3/h4-6,13H,1H2,2-3H3/b7-5+,8-6+. The average molecular weight is 223 g/mol. The van der Waals surface area contributed by atoms with E-state index in [-0.39, 0.29) is 16.7 Å². The molecule has 0 rings (SSSR count). The topological polar surface area (TPSA) is 12.0 Å². The van der Waals surface area contributed by atoms with Crippen molar-refractivity contribution in [3.63, 3.8) is 0 Å². The van der Waals surface area contributed by atoms with Crippen molar-refractivity contribution in [3.8, 4) is 0 Å². The van der Waals surface area contributed by atoms with Crippen molar-refractivity contribution in [2.24, 2.45) is 0 Å². The van der Waals surface area contributed by atoms with Crippen LogP contribution in [0.25, 0.3) is 0 Å². The Balaban J connectivity index is 4.49. The summed E-state index contributed by atoms with van der Waals surface area (Å²) in [6.07, 6.45) is 4.12. The number of halogens is 3. The highest BCUT2D eigenvalue weighted by Crippen LogP contribution is 2.36. The molecular weight excluding hydrogens is 211 g/mol. The largest absolute Gasteiger partial charge is 0.446 e. The van der Waals surface area contributed by atoms with Crippen molar-refractivity contribution in [3.05, 3.63) is 35.4 Å². The van der Waals surface area contributed by atoms with Gasteiger partial charge >= 0.3 is 5.51 Å². The van der Waals surface area contributed by atoms with Gasteiger partial charge in [0.1, 0.15) is 0 Å². The Bertz CT molecular complexity index is 253. The van der Waals surface area contributed by atoms with Crippen molar-refractivity contribution in [2.45, 2.75) is 12.4 Å². The third kappa shape index (κ3) is 6.65. The zero-order chi connectivity index (χ0) is 11.2. The molecule has 14 heavy (non-hydrogen) atoms. The zero-order valence-electron chi connectivity index (χ0n) is 7.98. The van der Waals surface area contributed by atoms with E-state index in [1.54, 1.807) is 20.0 Å². The van der Waals surface area contributed by atoms with Crippen LogP contribution in [0, 0.1) is 0 Å². The van der Waals surface area contributed by atoms with Crippen molar-refractivity contribution in [1.82, 2.24) is 5.32 Å². The summed E-state index contributed by atoms with van der Waals surface area (Å²) in [5, 5.41) is 2.80. The van der Waals surface area contributed by atoms with Gasteiger partial charge in [-0.15, -0.1) is 0 Å². The fourth-order valence-corrected chi connectivity index (χ4v) is 1.05. The molecule has 5 heteroatoms. The summed E-state index contributed by atoms with van der Waals surface area (Å²) in [5.74, 6) is 0. The smallest absolute Gasteiger partial charge is 0.392 e. The first-order valence-corrected chi connectivity index (χ1v) is 4.65. The Morgan fingerprint density at radius 2 is 1.93 bits per heavy atom. The van der Waals surface area contributed by atoms with Gasteiger partial charge in [-0.05, 0) is 30.8 Å². The number of rotatable bonds is 4. The third-order valence-corrected chi connectivity index (χ3v) is 2.10. The molecule has 0 atom stereocenters. The Morgan fingerprint density at radius 3 is 2.29 bits per heavy atom. The summed E-state index contributed by atoms with van der Waals surface area (Å²) in [6.45, 7) is 5.07. The highest BCUT2D eigenvalue weighted by Gasteiger charge is 2.29. The van der Waals surface area contributed by atoms with Gasteiger partial charge < -0.3 is 5.32 Å². The van der Waals surface area contributed by atoms with Crippen LogP contribution in [-0.2, 0) is 0 Å². The fraction of sp³-hybridized carbons (Fsp3) is 0.333. The summed E-state index contributed by atoms with van der Waals surface area (Å²) in [4.78, 5) is 0.0760. The van der Waals surface area contributed by atoms with Crippen LogP contribution in [0.1, 0.15) is 6.92 Å². The van der Waals surface area contributed by atoms with Crippen LogP contribution in [0.5, 0.6) is 0 Å². The lowest BCUT2D eigenvalue weighted by atomic mass is 10.4. The zero-order valence-corrected chi connectivity index (χ0v) is 8.80. The van der Waals surface area contributed by atoms with Crippen LogP contribution < -0.4 is 5.32 Å². The van der Waals surface area contributed by atoms with E-state index in [1.165, 1.54) is 12.2 Å². The molecule has 1 nitrogen and oxygen atoms in total. The molecule has 0 heterocycles. The summed E-state index contributed by atoms with van der Waals surface area (Å²) < 4.78 is 35.8. The van der Waals surface area contributed by atoms with Gasteiger partial charge in [0.25, 0.3) is 0 Å². The predicted octanol–water partition coefficient (Wildman–Crippen LogP) is 3.43. The van der Waals surface area contributed by atoms with Gasteiger partial charge in [-0.25, -0.2) is 0 Å². The van der Waals surface area contributed by atoms with Crippen LogP contribution in [0.3, 0.4) is 0 Å². The highest BCUT2D eigenvalue weighted by molar-refractivity contribution is 8.04. The normalized spacial score (nSPS) is 14.1. The van der Waals surface area contributed by atoms with E-state index in [4.69, 9.17) is 0 Å². The van der Waals surface area contributed by atoms with Crippen LogP contribution in [0.2, 0.25) is 0 Å². The van der Waals surface area contributed by atoms with Crippen LogP contribution in [-0.4, -0.2) is 12.6 Å². The van der Waals surface area contributed by atoms with Crippen molar-refractivity contribution >= 4 is 11.8 Å².